The van der Waals surface area contributed by atoms with E-state index in [1.54, 1.807) is 6.07 Å². The molecular formula is C12H13FN2O4. The fraction of sp³-hybridized carbons (Fsp3) is 0.250. The van der Waals surface area contributed by atoms with E-state index in [1.807, 2.05) is 5.32 Å². The van der Waals surface area contributed by atoms with E-state index in [0.29, 0.717) is 0 Å². The number of carboxylic acid groups (broad SMARTS) is 1. The number of pyridine rings is 1. The highest BCUT2D eigenvalue weighted by atomic mass is 19.1. The van der Waals surface area contributed by atoms with Crippen LogP contribution in [0.25, 0.3) is 0 Å². The number of rotatable bonds is 7. The first-order valence-corrected chi connectivity index (χ1v) is 5.38. The van der Waals surface area contributed by atoms with Crippen LogP contribution in [0.1, 0.15) is 10.5 Å². The van der Waals surface area contributed by atoms with Crippen molar-refractivity contribution in [3.8, 4) is 5.75 Å². The normalized spacial score (nSPS) is 11.4. The van der Waals surface area contributed by atoms with Gasteiger partial charge in [0.05, 0.1) is 0 Å². The highest BCUT2D eigenvalue weighted by Gasteiger charge is 2.23. The molecule has 7 heteroatoms. The van der Waals surface area contributed by atoms with Crippen LogP contribution in [0.4, 0.5) is 4.39 Å². The van der Waals surface area contributed by atoms with E-state index >= 15 is 0 Å². The Morgan fingerprint density at radius 2 is 2.37 bits per heavy atom. The van der Waals surface area contributed by atoms with Crippen molar-refractivity contribution in [2.24, 2.45) is 0 Å². The lowest BCUT2D eigenvalue weighted by Crippen LogP contribution is -2.42. The minimum Gasteiger partial charge on any atom is -0.487 e. The van der Waals surface area contributed by atoms with Gasteiger partial charge >= 0.3 is 5.97 Å². The van der Waals surface area contributed by atoms with Crippen molar-refractivity contribution in [2.45, 2.75) is 6.04 Å². The van der Waals surface area contributed by atoms with Gasteiger partial charge in [0, 0.05) is 6.20 Å². The van der Waals surface area contributed by atoms with E-state index in [9.17, 15) is 14.0 Å². The zero-order valence-electron chi connectivity index (χ0n) is 10.0. The zero-order valence-corrected chi connectivity index (χ0v) is 10.0. The molecule has 0 fully saturated rings. The van der Waals surface area contributed by atoms with Crippen LogP contribution >= 0.6 is 0 Å². The Hall–Kier alpha value is -2.44. The van der Waals surface area contributed by atoms with E-state index in [4.69, 9.17) is 9.84 Å². The number of aromatic nitrogens is 1. The summed E-state index contributed by atoms with van der Waals surface area (Å²) >= 11 is 0. The van der Waals surface area contributed by atoms with Crippen LogP contribution in [-0.2, 0) is 4.79 Å². The molecule has 1 unspecified atom stereocenters. The summed E-state index contributed by atoms with van der Waals surface area (Å²) in [6.07, 6.45) is 2.83. The molecule has 1 aromatic rings. The smallest absolute Gasteiger partial charge is 0.328 e. The summed E-state index contributed by atoms with van der Waals surface area (Å²) in [5.74, 6) is -2.10. The number of aliphatic carboxylic acids is 1. The number of hydrogen-bond acceptors (Lipinski definition) is 4. The van der Waals surface area contributed by atoms with Crippen molar-refractivity contribution in [1.29, 1.82) is 0 Å². The van der Waals surface area contributed by atoms with Crippen LogP contribution in [-0.4, -0.2) is 41.3 Å². The number of nitrogens with one attached hydrogen (secondary N) is 1. The van der Waals surface area contributed by atoms with Gasteiger partial charge in [-0.1, -0.05) is 12.7 Å². The molecule has 1 heterocycles. The molecular weight excluding hydrogens is 255 g/mol. The summed E-state index contributed by atoms with van der Waals surface area (Å²) in [4.78, 5) is 26.2. The molecule has 0 aliphatic rings. The van der Waals surface area contributed by atoms with E-state index in [-0.39, 0.29) is 18.1 Å². The maximum Gasteiger partial charge on any atom is 0.328 e. The lowest BCUT2D eigenvalue weighted by molar-refractivity contribution is -0.139. The van der Waals surface area contributed by atoms with Crippen molar-refractivity contribution >= 4 is 11.9 Å². The molecule has 1 amide bonds. The number of alkyl halides is 1. The fourth-order valence-corrected chi connectivity index (χ4v) is 1.22. The molecule has 1 aromatic heterocycles. The van der Waals surface area contributed by atoms with E-state index < -0.39 is 24.6 Å². The van der Waals surface area contributed by atoms with Crippen molar-refractivity contribution < 1.29 is 23.8 Å². The van der Waals surface area contributed by atoms with E-state index in [2.05, 4.69) is 11.6 Å². The second kappa shape index (κ2) is 7.10. The molecule has 6 nitrogen and oxygen atoms in total. The van der Waals surface area contributed by atoms with Crippen LogP contribution in [0.5, 0.6) is 5.75 Å². The fourth-order valence-electron chi connectivity index (χ4n) is 1.22. The van der Waals surface area contributed by atoms with Crippen molar-refractivity contribution in [1.82, 2.24) is 10.3 Å². The number of ether oxygens (including phenoxy) is 1. The molecule has 0 saturated carbocycles. The Labute approximate surface area is 108 Å². The quantitative estimate of drug-likeness (QED) is 0.714. The molecule has 1 atom stereocenters. The van der Waals surface area contributed by atoms with Crippen LogP contribution in [0.2, 0.25) is 0 Å². The summed E-state index contributed by atoms with van der Waals surface area (Å²) < 4.78 is 17.6. The average molecular weight is 268 g/mol. The predicted molar refractivity (Wildman–Crippen MR) is 64.8 cm³/mol. The number of halogens is 1. The highest BCUT2D eigenvalue weighted by Crippen LogP contribution is 2.15. The average Bonchev–Trinajstić information content (AvgIpc) is 2.42. The molecule has 0 aliphatic heterocycles. The monoisotopic (exact) mass is 268 g/mol. The third-order valence-corrected chi connectivity index (χ3v) is 2.10. The largest absolute Gasteiger partial charge is 0.487 e. The molecule has 1 rings (SSSR count). The molecule has 0 aromatic carbocycles. The number of hydrogen-bond donors (Lipinski definition) is 2. The molecule has 0 radical (unpaired) electrons. The lowest BCUT2D eigenvalue weighted by Gasteiger charge is -2.12. The summed E-state index contributed by atoms with van der Waals surface area (Å²) in [7, 11) is 0. The molecule has 0 spiro atoms. The second-order valence-corrected chi connectivity index (χ2v) is 3.47. The minimum absolute atomic E-state index is 0.107. The van der Waals surface area contributed by atoms with Crippen molar-refractivity contribution in [3.63, 3.8) is 0 Å². The van der Waals surface area contributed by atoms with Crippen LogP contribution in [0, 0.1) is 0 Å². The van der Waals surface area contributed by atoms with Crippen LogP contribution in [0.3, 0.4) is 0 Å². The van der Waals surface area contributed by atoms with Gasteiger partial charge in [-0.15, -0.1) is 0 Å². The number of nitrogens with zero attached hydrogens (tertiary/aromatic N) is 1. The van der Waals surface area contributed by atoms with Gasteiger partial charge in [-0.05, 0) is 12.1 Å². The maximum absolute atomic E-state index is 12.4. The first kappa shape index (κ1) is 14.6. The highest BCUT2D eigenvalue weighted by molar-refractivity contribution is 5.97. The summed E-state index contributed by atoms with van der Waals surface area (Å²) in [6.45, 7) is 2.41. The van der Waals surface area contributed by atoms with Gasteiger partial charge in [0.2, 0.25) is 0 Å². The topological polar surface area (TPSA) is 88.5 Å². The Morgan fingerprint density at radius 1 is 1.63 bits per heavy atom. The van der Waals surface area contributed by atoms with Crippen LogP contribution < -0.4 is 10.1 Å². The van der Waals surface area contributed by atoms with Gasteiger partial charge in [0.25, 0.3) is 5.91 Å². The Balaban J connectivity index is 2.86. The second-order valence-electron chi connectivity index (χ2n) is 3.47. The first-order chi connectivity index (χ1) is 9.10. The van der Waals surface area contributed by atoms with Gasteiger partial charge in [-0.3, -0.25) is 4.79 Å². The molecule has 0 bridgehead atoms. The van der Waals surface area contributed by atoms with Gasteiger partial charge in [-0.2, -0.15) is 0 Å². The standard InChI is InChI=1S/C12H13FN2O4/c1-2-6-19-9-4-3-5-14-10(9)11(16)15-8(7-13)12(17)18/h2-5,8H,1,6-7H2,(H,15,16)(H,17,18). The number of carboxylic acids is 1. The third-order valence-electron chi connectivity index (χ3n) is 2.10. The Bertz CT molecular complexity index is 479. The van der Waals surface area contributed by atoms with Gasteiger partial charge in [-0.25, -0.2) is 14.2 Å². The predicted octanol–water partition coefficient (Wildman–Crippen LogP) is 0.799. The Morgan fingerprint density at radius 3 is 2.95 bits per heavy atom. The molecule has 0 saturated heterocycles. The van der Waals surface area contributed by atoms with Gasteiger partial charge in [0.15, 0.2) is 17.5 Å². The summed E-state index contributed by atoms with van der Waals surface area (Å²) in [6, 6.07) is 1.44. The number of amides is 1. The van der Waals surface area contributed by atoms with Crippen LogP contribution in [0.15, 0.2) is 31.0 Å². The first-order valence-electron chi connectivity index (χ1n) is 5.38. The number of carbonyl (C=O) groups is 2. The minimum atomic E-state index is -1.61. The summed E-state index contributed by atoms with van der Waals surface area (Å²) in [5, 5.41) is 10.7. The SMILES string of the molecule is C=CCOc1cccnc1C(=O)NC(CF)C(=O)O. The van der Waals surface area contributed by atoms with E-state index in [1.165, 1.54) is 18.3 Å². The molecule has 102 valence electrons. The zero-order chi connectivity index (χ0) is 14.3. The molecule has 0 aliphatic carbocycles. The molecule has 2 N–H and O–H groups in total. The van der Waals surface area contributed by atoms with Gasteiger partial charge < -0.3 is 15.2 Å². The maximum atomic E-state index is 12.4. The third kappa shape index (κ3) is 4.06. The van der Waals surface area contributed by atoms with Crippen molar-refractivity contribution in [3.05, 3.63) is 36.7 Å². The molecule has 19 heavy (non-hydrogen) atoms. The lowest BCUT2D eigenvalue weighted by atomic mass is 10.2. The number of carbonyl (C=O) groups excluding carboxylic acids is 1. The Kier molecular flexibility index (Phi) is 5.46. The summed E-state index contributed by atoms with van der Waals surface area (Å²) in [5.41, 5.74) is -0.107. The van der Waals surface area contributed by atoms with E-state index in [0.717, 1.165) is 0 Å². The van der Waals surface area contributed by atoms with Crippen molar-refractivity contribution in [2.75, 3.05) is 13.3 Å². The van der Waals surface area contributed by atoms with Gasteiger partial charge in [0.1, 0.15) is 13.3 Å².